The summed E-state index contributed by atoms with van der Waals surface area (Å²) in [5.41, 5.74) is 2.39. The second-order valence-electron chi connectivity index (χ2n) is 5.68. The van der Waals surface area contributed by atoms with E-state index in [4.69, 9.17) is 0 Å². The molecule has 0 aliphatic rings. The van der Waals surface area contributed by atoms with E-state index in [0.717, 1.165) is 18.6 Å². The number of rotatable bonds is 5. The molecule has 0 aliphatic heterocycles. The Balaban J connectivity index is 2.49. The number of likely N-dealkylation sites (N-methyl/N-ethyl adjacent to an activating group) is 1. The molecule has 4 nitrogen and oxygen atoms in total. The molecule has 2 unspecified atom stereocenters. The van der Waals surface area contributed by atoms with E-state index >= 15 is 0 Å². The van der Waals surface area contributed by atoms with Gasteiger partial charge in [-0.2, -0.15) is 5.10 Å². The molecule has 0 aromatic carbocycles. The van der Waals surface area contributed by atoms with Crippen LogP contribution in [-0.4, -0.2) is 40.3 Å². The average molecular weight is 260 g/mol. The van der Waals surface area contributed by atoms with Gasteiger partial charge in [0.05, 0.1) is 6.20 Å². The van der Waals surface area contributed by atoms with E-state index in [1.807, 2.05) is 0 Å². The van der Waals surface area contributed by atoms with Crippen molar-refractivity contribution in [2.24, 2.45) is 0 Å². The summed E-state index contributed by atoms with van der Waals surface area (Å²) in [6.45, 7) is 7.73. The standard InChI is InChI=1S/C15H24N4/c1-6-11(2)14-10-19(12(3)9-18(4)5)15-13(14)7-8-16-17-15/h7-8,10-12H,6,9H2,1-5H3. The minimum atomic E-state index is 0.395. The zero-order valence-electron chi connectivity index (χ0n) is 12.6. The van der Waals surface area contributed by atoms with Crippen molar-refractivity contribution in [3.8, 4) is 0 Å². The van der Waals surface area contributed by atoms with Gasteiger partial charge in [-0.05, 0) is 45.0 Å². The summed E-state index contributed by atoms with van der Waals surface area (Å²) >= 11 is 0. The Bertz CT molecular complexity index is 544. The van der Waals surface area contributed by atoms with Crippen LogP contribution in [0.25, 0.3) is 11.0 Å². The maximum absolute atomic E-state index is 4.34. The first-order chi connectivity index (χ1) is 9.04. The molecule has 4 heteroatoms. The predicted molar refractivity (Wildman–Crippen MR) is 79.5 cm³/mol. The molecule has 19 heavy (non-hydrogen) atoms. The Kier molecular flexibility index (Phi) is 4.20. The monoisotopic (exact) mass is 260 g/mol. The topological polar surface area (TPSA) is 34.0 Å². The van der Waals surface area contributed by atoms with E-state index in [-0.39, 0.29) is 0 Å². The van der Waals surface area contributed by atoms with E-state index in [0.29, 0.717) is 12.0 Å². The molecule has 0 saturated carbocycles. The zero-order valence-corrected chi connectivity index (χ0v) is 12.6. The average Bonchev–Trinajstić information content (AvgIpc) is 2.76. The summed E-state index contributed by atoms with van der Waals surface area (Å²) in [6.07, 6.45) is 5.19. The lowest BCUT2D eigenvalue weighted by Gasteiger charge is -2.19. The Labute approximate surface area is 115 Å². The maximum atomic E-state index is 4.34. The van der Waals surface area contributed by atoms with Gasteiger partial charge in [-0.25, -0.2) is 0 Å². The lowest BCUT2D eigenvalue weighted by atomic mass is 9.99. The molecule has 0 bridgehead atoms. The maximum Gasteiger partial charge on any atom is 0.163 e. The van der Waals surface area contributed by atoms with Crippen LogP contribution < -0.4 is 0 Å². The number of aromatic nitrogens is 3. The van der Waals surface area contributed by atoms with Crippen molar-refractivity contribution in [1.82, 2.24) is 19.7 Å². The molecule has 2 heterocycles. The minimum Gasteiger partial charge on any atom is -0.327 e. The first-order valence-electron chi connectivity index (χ1n) is 7.01. The number of nitrogens with zero attached hydrogens (tertiary/aromatic N) is 4. The van der Waals surface area contributed by atoms with Gasteiger partial charge in [0.1, 0.15) is 0 Å². The van der Waals surface area contributed by atoms with E-state index in [1.165, 1.54) is 10.9 Å². The van der Waals surface area contributed by atoms with Crippen LogP contribution >= 0.6 is 0 Å². The highest BCUT2D eigenvalue weighted by Gasteiger charge is 2.17. The third-order valence-corrected chi connectivity index (χ3v) is 3.78. The number of hydrogen-bond donors (Lipinski definition) is 0. The summed E-state index contributed by atoms with van der Waals surface area (Å²) in [5.74, 6) is 0.555. The van der Waals surface area contributed by atoms with Crippen LogP contribution in [0, 0.1) is 0 Å². The molecular formula is C15H24N4. The molecule has 0 spiro atoms. The van der Waals surface area contributed by atoms with Crippen molar-refractivity contribution in [2.75, 3.05) is 20.6 Å². The second kappa shape index (κ2) is 5.70. The summed E-state index contributed by atoms with van der Waals surface area (Å²) in [7, 11) is 4.20. The molecule has 0 fully saturated rings. The molecule has 0 amide bonds. The van der Waals surface area contributed by atoms with E-state index < -0.39 is 0 Å². The van der Waals surface area contributed by atoms with E-state index in [2.05, 4.69) is 66.8 Å². The van der Waals surface area contributed by atoms with Crippen molar-refractivity contribution >= 4 is 11.0 Å². The highest BCUT2D eigenvalue weighted by Crippen LogP contribution is 2.29. The quantitative estimate of drug-likeness (QED) is 0.828. The van der Waals surface area contributed by atoms with Crippen molar-refractivity contribution < 1.29 is 0 Å². The van der Waals surface area contributed by atoms with Gasteiger partial charge < -0.3 is 9.47 Å². The number of hydrogen-bond acceptors (Lipinski definition) is 3. The first kappa shape index (κ1) is 14.0. The summed E-state index contributed by atoms with van der Waals surface area (Å²) < 4.78 is 2.27. The van der Waals surface area contributed by atoms with Gasteiger partial charge in [0.15, 0.2) is 5.65 Å². The van der Waals surface area contributed by atoms with Gasteiger partial charge in [-0.3, -0.25) is 0 Å². The van der Waals surface area contributed by atoms with Crippen LogP contribution in [0.4, 0.5) is 0 Å². The summed E-state index contributed by atoms with van der Waals surface area (Å²) in [6, 6.07) is 2.48. The molecule has 0 radical (unpaired) electrons. The second-order valence-corrected chi connectivity index (χ2v) is 5.68. The number of fused-ring (bicyclic) bond motifs is 1. The van der Waals surface area contributed by atoms with Crippen molar-refractivity contribution in [3.63, 3.8) is 0 Å². The van der Waals surface area contributed by atoms with Crippen LogP contribution in [0.3, 0.4) is 0 Å². The van der Waals surface area contributed by atoms with Gasteiger partial charge in [0.25, 0.3) is 0 Å². The molecule has 0 saturated heterocycles. The Morgan fingerprint density at radius 3 is 2.68 bits per heavy atom. The van der Waals surface area contributed by atoms with E-state index in [9.17, 15) is 0 Å². The fourth-order valence-electron chi connectivity index (χ4n) is 2.59. The smallest absolute Gasteiger partial charge is 0.163 e. The molecule has 2 rings (SSSR count). The molecule has 2 aromatic heterocycles. The van der Waals surface area contributed by atoms with Crippen LogP contribution in [0.1, 0.15) is 44.7 Å². The lowest BCUT2D eigenvalue weighted by molar-refractivity contribution is 0.340. The SMILES string of the molecule is CCC(C)c1cn(C(C)CN(C)C)c2nnccc12. The molecule has 0 aliphatic carbocycles. The fourth-order valence-corrected chi connectivity index (χ4v) is 2.59. The van der Waals surface area contributed by atoms with Crippen LogP contribution in [-0.2, 0) is 0 Å². The third kappa shape index (κ3) is 2.78. The van der Waals surface area contributed by atoms with Crippen molar-refractivity contribution in [3.05, 3.63) is 24.0 Å². The van der Waals surface area contributed by atoms with Gasteiger partial charge in [-0.15, -0.1) is 5.10 Å². The molecular weight excluding hydrogens is 236 g/mol. The zero-order chi connectivity index (χ0) is 14.0. The van der Waals surface area contributed by atoms with Crippen LogP contribution in [0.15, 0.2) is 18.5 Å². The molecule has 104 valence electrons. The fraction of sp³-hybridized carbons (Fsp3) is 0.600. The van der Waals surface area contributed by atoms with Crippen molar-refractivity contribution in [1.29, 1.82) is 0 Å². The van der Waals surface area contributed by atoms with Crippen LogP contribution in [0.5, 0.6) is 0 Å². The highest BCUT2D eigenvalue weighted by atomic mass is 15.2. The largest absolute Gasteiger partial charge is 0.327 e. The summed E-state index contributed by atoms with van der Waals surface area (Å²) in [4.78, 5) is 2.20. The Morgan fingerprint density at radius 2 is 2.05 bits per heavy atom. The van der Waals surface area contributed by atoms with Gasteiger partial charge in [-0.1, -0.05) is 13.8 Å². The minimum absolute atomic E-state index is 0.395. The molecule has 0 N–H and O–H groups in total. The van der Waals surface area contributed by atoms with Crippen LogP contribution in [0.2, 0.25) is 0 Å². The van der Waals surface area contributed by atoms with E-state index in [1.54, 1.807) is 6.20 Å². The first-order valence-corrected chi connectivity index (χ1v) is 7.01. The molecule has 2 aromatic rings. The lowest BCUT2D eigenvalue weighted by Crippen LogP contribution is -2.22. The Hall–Kier alpha value is -1.42. The van der Waals surface area contributed by atoms with Gasteiger partial charge in [0, 0.05) is 24.2 Å². The normalized spacial score (nSPS) is 15.1. The third-order valence-electron chi connectivity index (χ3n) is 3.78. The Morgan fingerprint density at radius 1 is 1.32 bits per heavy atom. The highest BCUT2D eigenvalue weighted by molar-refractivity contribution is 5.80. The van der Waals surface area contributed by atoms with Gasteiger partial charge >= 0.3 is 0 Å². The molecule has 2 atom stereocenters. The summed E-state index contributed by atoms with van der Waals surface area (Å²) in [5, 5.41) is 9.64. The predicted octanol–water partition coefficient (Wildman–Crippen LogP) is 3.07. The van der Waals surface area contributed by atoms with Gasteiger partial charge in [0.2, 0.25) is 0 Å². The van der Waals surface area contributed by atoms with Crippen molar-refractivity contribution in [2.45, 2.75) is 39.2 Å².